The number of nitrogens with zero attached hydrogens (tertiary/aromatic N) is 5. The number of aromatic nitrogens is 3. The first kappa shape index (κ1) is 34.8. The molecule has 0 aliphatic carbocycles. The molecule has 0 N–H and O–H groups in total. The van der Waals surface area contributed by atoms with Crippen LogP contribution >= 0.6 is 0 Å². The van der Waals surface area contributed by atoms with Gasteiger partial charge in [0.15, 0.2) is 0 Å². The Labute approximate surface area is 362 Å². The number of hydrogen-bond donors (Lipinski definition) is 0. The maximum atomic E-state index is 8.68. The minimum absolute atomic E-state index is 0.0194. The van der Waals surface area contributed by atoms with Crippen molar-refractivity contribution in [1.29, 1.82) is 0 Å². The minimum Gasteiger partial charge on any atom is -0.457 e. The molecule has 0 bridgehead atoms. The molecule has 0 amide bonds. The third-order valence-electron chi connectivity index (χ3n) is 11.9. The van der Waals surface area contributed by atoms with Gasteiger partial charge in [0.1, 0.15) is 17.3 Å². The van der Waals surface area contributed by atoms with E-state index in [-0.39, 0.29) is 16.4 Å². The molecule has 3 aromatic heterocycles. The van der Waals surface area contributed by atoms with Crippen LogP contribution in [0.4, 0.5) is 11.4 Å². The summed E-state index contributed by atoms with van der Waals surface area (Å²) in [6.07, 6.45) is 5.98. The monoisotopic (exact) mass is 800 g/mol. The van der Waals surface area contributed by atoms with E-state index in [1.807, 2.05) is 78.9 Å². The number of hydrogen-bond acceptors (Lipinski definition) is 4. The van der Waals surface area contributed by atoms with Gasteiger partial charge in [0.2, 0.25) is 0 Å². The lowest BCUT2D eigenvalue weighted by Gasteiger charge is -2.29. The third-order valence-corrected chi connectivity index (χ3v) is 11.9. The Kier molecular flexibility index (Phi) is 8.32. The summed E-state index contributed by atoms with van der Waals surface area (Å²) < 4.78 is 37.1. The Bertz CT molecular complexity index is 3210. The van der Waals surface area contributed by atoms with Crippen LogP contribution < -0.4 is 14.5 Å². The molecular weight excluding hydrogens is 747 g/mol. The van der Waals surface area contributed by atoms with Crippen LogP contribution in [0.5, 0.6) is 11.5 Å². The van der Waals surface area contributed by atoms with E-state index >= 15 is 0 Å². The summed E-state index contributed by atoms with van der Waals surface area (Å²) in [5.74, 6) is 1.85. The zero-order valence-corrected chi connectivity index (χ0v) is 35.5. The van der Waals surface area contributed by atoms with Crippen molar-refractivity contribution in [1.82, 2.24) is 14.1 Å². The number of anilines is 2. The van der Waals surface area contributed by atoms with Gasteiger partial charge in [-0.3, -0.25) is 4.57 Å². The van der Waals surface area contributed by atoms with Crippen molar-refractivity contribution < 1.29 is 8.85 Å². The molecule has 1 aliphatic rings. The van der Waals surface area contributed by atoms with Gasteiger partial charge in [-0.1, -0.05) is 120 Å². The van der Waals surface area contributed by atoms with Crippen molar-refractivity contribution in [2.75, 3.05) is 16.5 Å². The van der Waals surface area contributed by atoms with E-state index in [1.54, 1.807) is 12.3 Å². The van der Waals surface area contributed by atoms with Gasteiger partial charge in [-0.15, -0.1) is 0 Å². The number of pyridine rings is 1. The molecule has 9 aromatic rings. The molecule has 4 heterocycles. The molecule has 6 heteroatoms. The standard InChI is InChI=1S/C55H51N5O/c1-37-29-51(56-35-48(37)38-17-10-8-11-18-38)60-50-34-45(25-26-47(50)52-53(60)46-23-14-15-24-49(46)59(52)41-19-12-9-13-20-41)61-44-22-16-21-42(33-44)57-27-28-58(36-57)43-31-39(54(2,3)4)30-40(32-43)55(5,6)7/h8-35H,36H2,1-7H3/i1D3. The molecule has 10 rings (SSSR count). The second kappa shape index (κ2) is 14.6. The molecule has 0 saturated carbocycles. The van der Waals surface area contributed by atoms with E-state index in [9.17, 15) is 0 Å². The molecular formula is C55H51N5O. The Morgan fingerprint density at radius 1 is 0.541 bits per heavy atom. The normalized spacial score (nSPS) is 14.2. The van der Waals surface area contributed by atoms with Crippen LogP contribution in [0, 0.1) is 6.85 Å². The number of rotatable bonds is 7. The van der Waals surface area contributed by atoms with Gasteiger partial charge in [0, 0.05) is 68.2 Å². The average molecular weight is 801 g/mol. The summed E-state index contributed by atoms with van der Waals surface area (Å²) in [5.41, 5.74) is 11.3. The quantitative estimate of drug-likeness (QED) is 0.161. The molecule has 0 saturated heterocycles. The maximum absolute atomic E-state index is 8.68. The molecule has 302 valence electrons. The number of ether oxygens (including phenoxy) is 1. The molecule has 0 fully saturated rings. The molecule has 1 aliphatic heterocycles. The van der Waals surface area contributed by atoms with Gasteiger partial charge < -0.3 is 19.1 Å². The zero-order valence-electron chi connectivity index (χ0n) is 38.5. The van der Waals surface area contributed by atoms with Gasteiger partial charge in [0.05, 0.1) is 28.7 Å². The summed E-state index contributed by atoms with van der Waals surface area (Å²) in [7, 11) is 0. The fraction of sp³-hybridized carbons (Fsp3) is 0.182. The Morgan fingerprint density at radius 3 is 1.89 bits per heavy atom. The first-order valence-corrected chi connectivity index (χ1v) is 21.0. The van der Waals surface area contributed by atoms with Crippen molar-refractivity contribution in [2.24, 2.45) is 0 Å². The zero-order chi connectivity index (χ0) is 44.5. The van der Waals surface area contributed by atoms with Crippen molar-refractivity contribution in [3.05, 3.63) is 187 Å². The highest BCUT2D eigenvalue weighted by atomic mass is 16.5. The van der Waals surface area contributed by atoms with Crippen LogP contribution in [0.3, 0.4) is 0 Å². The topological polar surface area (TPSA) is 38.5 Å². The average Bonchev–Trinajstić information content (AvgIpc) is 3.99. The van der Waals surface area contributed by atoms with E-state index in [2.05, 4.69) is 140 Å². The third kappa shape index (κ3) is 6.92. The van der Waals surface area contributed by atoms with E-state index in [1.165, 1.54) is 16.8 Å². The van der Waals surface area contributed by atoms with Gasteiger partial charge in [-0.2, -0.15) is 0 Å². The van der Waals surface area contributed by atoms with E-state index in [0.29, 0.717) is 29.5 Å². The second-order valence-electron chi connectivity index (χ2n) is 18.1. The van der Waals surface area contributed by atoms with Crippen molar-refractivity contribution in [2.45, 2.75) is 59.2 Å². The lowest BCUT2D eigenvalue weighted by atomic mass is 9.80. The number of aryl methyl sites for hydroxylation is 1. The number of benzene rings is 6. The summed E-state index contributed by atoms with van der Waals surface area (Å²) in [6.45, 7) is 11.9. The predicted molar refractivity (Wildman–Crippen MR) is 255 cm³/mol. The maximum Gasteiger partial charge on any atom is 0.137 e. The smallest absolute Gasteiger partial charge is 0.137 e. The van der Waals surface area contributed by atoms with Gasteiger partial charge in [-0.25, -0.2) is 4.98 Å². The van der Waals surface area contributed by atoms with Crippen LogP contribution in [0.25, 0.3) is 55.5 Å². The van der Waals surface area contributed by atoms with Crippen LogP contribution in [0.2, 0.25) is 0 Å². The van der Waals surface area contributed by atoms with E-state index < -0.39 is 6.85 Å². The minimum atomic E-state index is -2.39. The predicted octanol–water partition coefficient (Wildman–Crippen LogP) is 14.2. The molecule has 6 nitrogen and oxygen atoms in total. The Morgan fingerprint density at radius 2 is 1.16 bits per heavy atom. The fourth-order valence-corrected chi connectivity index (χ4v) is 8.53. The first-order chi connectivity index (χ1) is 30.6. The van der Waals surface area contributed by atoms with Crippen molar-refractivity contribution >= 4 is 44.2 Å². The van der Waals surface area contributed by atoms with Crippen LogP contribution in [-0.2, 0) is 10.8 Å². The first-order valence-electron chi connectivity index (χ1n) is 22.5. The van der Waals surface area contributed by atoms with Crippen molar-refractivity contribution in [3.63, 3.8) is 0 Å². The molecule has 0 radical (unpaired) electrons. The summed E-state index contributed by atoms with van der Waals surface area (Å²) >= 11 is 0. The van der Waals surface area contributed by atoms with E-state index in [4.69, 9.17) is 13.8 Å². The summed E-state index contributed by atoms with van der Waals surface area (Å²) in [5, 5.41) is 2.00. The SMILES string of the molecule is [2H]C([2H])([2H])c1cc(-n2c3cc(Oc4cccc(N5C=CN(c6cc(C(C)(C)C)cc(C(C)(C)C)c6)C5)c4)ccc3c3c2c2ccccc2n3-c2ccccc2)ncc1-c1ccccc1. The Hall–Kier alpha value is -7.05. The number of para-hydroxylation sites is 2. The van der Waals surface area contributed by atoms with Crippen LogP contribution in [-0.4, -0.2) is 20.8 Å². The van der Waals surface area contributed by atoms with Crippen LogP contribution in [0.1, 0.15) is 62.3 Å². The Balaban J connectivity index is 1.07. The van der Waals surface area contributed by atoms with Crippen molar-refractivity contribution in [3.8, 4) is 34.1 Å². The van der Waals surface area contributed by atoms with Gasteiger partial charge in [-0.05, 0) is 101 Å². The van der Waals surface area contributed by atoms with Gasteiger partial charge in [0.25, 0.3) is 0 Å². The lowest BCUT2D eigenvalue weighted by Crippen LogP contribution is -2.26. The largest absolute Gasteiger partial charge is 0.457 e. The lowest BCUT2D eigenvalue weighted by molar-refractivity contribution is 0.483. The van der Waals surface area contributed by atoms with E-state index in [0.717, 1.165) is 49.8 Å². The molecule has 0 spiro atoms. The molecule has 0 atom stereocenters. The molecule has 6 aromatic carbocycles. The second-order valence-corrected chi connectivity index (χ2v) is 18.1. The highest BCUT2D eigenvalue weighted by Gasteiger charge is 2.26. The molecule has 61 heavy (non-hydrogen) atoms. The number of fused-ring (bicyclic) bond motifs is 5. The van der Waals surface area contributed by atoms with Gasteiger partial charge >= 0.3 is 0 Å². The van der Waals surface area contributed by atoms with Crippen LogP contribution in [0.15, 0.2) is 170 Å². The highest BCUT2D eigenvalue weighted by molar-refractivity contribution is 6.20. The fourth-order valence-electron chi connectivity index (χ4n) is 8.53. The summed E-state index contributed by atoms with van der Waals surface area (Å²) in [4.78, 5) is 9.57. The summed E-state index contributed by atoms with van der Waals surface area (Å²) in [6, 6.07) is 51.3. The highest BCUT2D eigenvalue weighted by Crippen LogP contribution is 2.43. The molecule has 0 unspecified atom stereocenters.